The number of hydrogen-bond donors (Lipinski definition) is 0. The molecular weight excluding hydrogens is 244 g/mol. The average molecular weight is 264 g/mol. The predicted octanol–water partition coefficient (Wildman–Crippen LogP) is 0.993. The van der Waals surface area contributed by atoms with Gasteiger partial charge in [-0.3, -0.25) is 9.59 Å². The van der Waals surface area contributed by atoms with E-state index in [0.717, 1.165) is 12.1 Å². The number of amides is 1. The Morgan fingerprint density at radius 2 is 1.79 bits per heavy atom. The van der Waals surface area contributed by atoms with Crippen LogP contribution in [0.3, 0.4) is 0 Å². The van der Waals surface area contributed by atoms with Gasteiger partial charge in [0, 0.05) is 25.7 Å². The summed E-state index contributed by atoms with van der Waals surface area (Å²) in [6, 6.07) is 7.07. The van der Waals surface area contributed by atoms with Gasteiger partial charge in [-0.05, 0) is 31.8 Å². The molecule has 5 heteroatoms. The van der Waals surface area contributed by atoms with Crippen LogP contribution < -0.4 is 0 Å². The fraction of sp³-hybridized carbons (Fsp3) is 0.429. The van der Waals surface area contributed by atoms with Crippen LogP contribution in [0.15, 0.2) is 24.3 Å². The summed E-state index contributed by atoms with van der Waals surface area (Å²) in [4.78, 5) is 25.9. The molecule has 0 fully saturated rings. The highest BCUT2D eigenvalue weighted by Gasteiger charge is 2.11. The molecule has 0 heterocycles. The molecular formula is C14H20N2O3. The number of nitrogens with zero attached hydrogens (tertiary/aromatic N) is 2. The fourth-order valence-corrected chi connectivity index (χ4v) is 1.55. The van der Waals surface area contributed by atoms with E-state index in [9.17, 15) is 9.59 Å². The van der Waals surface area contributed by atoms with Crippen molar-refractivity contribution in [1.82, 2.24) is 9.80 Å². The Morgan fingerprint density at radius 1 is 1.16 bits per heavy atom. The summed E-state index contributed by atoms with van der Waals surface area (Å²) >= 11 is 0. The van der Waals surface area contributed by atoms with Crippen LogP contribution in [0, 0.1) is 0 Å². The second-order valence-corrected chi connectivity index (χ2v) is 4.63. The van der Waals surface area contributed by atoms with Gasteiger partial charge in [0.2, 0.25) is 0 Å². The largest absolute Gasteiger partial charge is 0.463 e. The summed E-state index contributed by atoms with van der Waals surface area (Å²) in [6.45, 7) is 2.15. The normalized spacial score (nSPS) is 10.3. The standard InChI is InChI=1S/C14H20N2O3/c1-15(2)8-9-16(3)14(18)13-6-4-12(5-7-13)10-19-11-17/h4-7,11H,8-10H2,1-3H3. The van der Waals surface area contributed by atoms with E-state index in [1.165, 1.54) is 0 Å². The lowest BCUT2D eigenvalue weighted by Gasteiger charge is -2.19. The summed E-state index contributed by atoms with van der Waals surface area (Å²) in [5, 5.41) is 0. The van der Waals surface area contributed by atoms with Crippen molar-refractivity contribution in [1.29, 1.82) is 0 Å². The van der Waals surface area contributed by atoms with Crippen molar-refractivity contribution in [3.05, 3.63) is 35.4 Å². The highest BCUT2D eigenvalue weighted by molar-refractivity contribution is 5.94. The zero-order chi connectivity index (χ0) is 14.3. The average Bonchev–Trinajstić information content (AvgIpc) is 2.42. The molecule has 1 aromatic carbocycles. The van der Waals surface area contributed by atoms with Crippen LogP contribution in [0.4, 0.5) is 0 Å². The molecule has 0 unspecified atom stereocenters. The molecule has 0 spiro atoms. The highest BCUT2D eigenvalue weighted by Crippen LogP contribution is 2.08. The van der Waals surface area contributed by atoms with Crippen LogP contribution in [0.1, 0.15) is 15.9 Å². The van der Waals surface area contributed by atoms with E-state index < -0.39 is 0 Å². The third-order valence-corrected chi connectivity index (χ3v) is 2.75. The van der Waals surface area contributed by atoms with Crippen LogP contribution >= 0.6 is 0 Å². The van der Waals surface area contributed by atoms with Crippen LogP contribution in [-0.4, -0.2) is 56.4 Å². The van der Waals surface area contributed by atoms with Gasteiger partial charge in [0.05, 0.1) is 0 Å². The van der Waals surface area contributed by atoms with Gasteiger partial charge in [-0.25, -0.2) is 0 Å². The summed E-state index contributed by atoms with van der Waals surface area (Å²) in [7, 11) is 5.73. The van der Waals surface area contributed by atoms with E-state index in [4.69, 9.17) is 0 Å². The van der Waals surface area contributed by atoms with Crippen molar-refractivity contribution in [3.8, 4) is 0 Å². The van der Waals surface area contributed by atoms with Crippen molar-refractivity contribution < 1.29 is 14.3 Å². The molecule has 0 bridgehead atoms. The fourth-order valence-electron chi connectivity index (χ4n) is 1.55. The number of carbonyl (C=O) groups excluding carboxylic acids is 2. The van der Waals surface area contributed by atoms with Gasteiger partial charge in [-0.1, -0.05) is 12.1 Å². The first-order valence-electron chi connectivity index (χ1n) is 6.09. The quantitative estimate of drug-likeness (QED) is 0.689. The third-order valence-electron chi connectivity index (χ3n) is 2.75. The molecule has 0 saturated carbocycles. The topological polar surface area (TPSA) is 49.9 Å². The van der Waals surface area contributed by atoms with E-state index in [0.29, 0.717) is 18.6 Å². The smallest absolute Gasteiger partial charge is 0.293 e. The van der Waals surface area contributed by atoms with Gasteiger partial charge in [0.25, 0.3) is 12.4 Å². The first-order chi connectivity index (χ1) is 9.04. The Bertz CT molecular complexity index is 415. The van der Waals surface area contributed by atoms with E-state index in [1.54, 1.807) is 36.2 Å². The molecule has 19 heavy (non-hydrogen) atoms. The van der Waals surface area contributed by atoms with Crippen molar-refractivity contribution in [2.75, 3.05) is 34.2 Å². The molecule has 1 aromatic rings. The Balaban J connectivity index is 2.59. The molecule has 0 aliphatic heterocycles. The second kappa shape index (κ2) is 7.53. The van der Waals surface area contributed by atoms with Crippen molar-refractivity contribution in [2.45, 2.75) is 6.61 Å². The van der Waals surface area contributed by atoms with Gasteiger partial charge in [-0.15, -0.1) is 0 Å². The molecule has 104 valence electrons. The monoisotopic (exact) mass is 264 g/mol. The lowest BCUT2D eigenvalue weighted by molar-refractivity contribution is -0.129. The van der Waals surface area contributed by atoms with Gasteiger partial charge in [-0.2, -0.15) is 0 Å². The van der Waals surface area contributed by atoms with Crippen molar-refractivity contribution in [2.24, 2.45) is 0 Å². The van der Waals surface area contributed by atoms with E-state index >= 15 is 0 Å². The molecule has 0 aromatic heterocycles. The summed E-state index contributed by atoms with van der Waals surface area (Å²) in [5.41, 5.74) is 1.50. The Kier molecular flexibility index (Phi) is 6.02. The van der Waals surface area contributed by atoms with E-state index in [2.05, 4.69) is 4.74 Å². The van der Waals surface area contributed by atoms with Crippen LogP contribution in [0.2, 0.25) is 0 Å². The molecule has 0 aliphatic rings. The molecule has 5 nitrogen and oxygen atoms in total. The second-order valence-electron chi connectivity index (χ2n) is 4.63. The maximum Gasteiger partial charge on any atom is 0.293 e. The van der Waals surface area contributed by atoms with Gasteiger partial charge in [0.15, 0.2) is 0 Å². The first-order valence-corrected chi connectivity index (χ1v) is 6.09. The Labute approximate surface area is 113 Å². The van der Waals surface area contributed by atoms with E-state index in [1.807, 2.05) is 19.0 Å². The zero-order valence-corrected chi connectivity index (χ0v) is 11.6. The minimum absolute atomic E-state index is 0.00953. The summed E-state index contributed by atoms with van der Waals surface area (Å²) in [6.07, 6.45) is 0. The Morgan fingerprint density at radius 3 is 2.32 bits per heavy atom. The minimum atomic E-state index is -0.00953. The number of likely N-dealkylation sites (N-methyl/N-ethyl adjacent to an activating group) is 2. The number of hydrogen-bond acceptors (Lipinski definition) is 4. The highest BCUT2D eigenvalue weighted by atomic mass is 16.5. The van der Waals surface area contributed by atoms with Gasteiger partial charge < -0.3 is 14.5 Å². The SMILES string of the molecule is CN(C)CCN(C)C(=O)c1ccc(COC=O)cc1. The van der Waals surface area contributed by atoms with Crippen LogP contribution in [0.5, 0.6) is 0 Å². The molecule has 1 amide bonds. The predicted molar refractivity (Wildman–Crippen MR) is 72.8 cm³/mol. The van der Waals surface area contributed by atoms with Crippen molar-refractivity contribution >= 4 is 12.4 Å². The number of rotatable bonds is 7. The van der Waals surface area contributed by atoms with Crippen LogP contribution in [0.25, 0.3) is 0 Å². The maximum atomic E-state index is 12.1. The first kappa shape index (κ1) is 15.2. The zero-order valence-electron chi connectivity index (χ0n) is 11.6. The number of carbonyl (C=O) groups is 2. The molecule has 0 aliphatic carbocycles. The molecule has 0 atom stereocenters. The molecule has 1 rings (SSSR count). The summed E-state index contributed by atoms with van der Waals surface area (Å²) in [5.74, 6) is -0.00953. The van der Waals surface area contributed by atoms with Gasteiger partial charge >= 0.3 is 0 Å². The molecule has 0 N–H and O–H groups in total. The molecule has 0 radical (unpaired) electrons. The molecule has 0 saturated heterocycles. The van der Waals surface area contributed by atoms with Crippen LogP contribution in [-0.2, 0) is 16.1 Å². The van der Waals surface area contributed by atoms with E-state index in [-0.39, 0.29) is 12.5 Å². The minimum Gasteiger partial charge on any atom is -0.463 e. The lowest BCUT2D eigenvalue weighted by atomic mass is 10.1. The number of benzene rings is 1. The maximum absolute atomic E-state index is 12.1. The Hall–Kier alpha value is -1.88. The third kappa shape index (κ3) is 5.09. The number of ether oxygens (including phenoxy) is 1. The van der Waals surface area contributed by atoms with Gasteiger partial charge in [0.1, 0.15) is 6.61 Å². The lowest BCUT2D eigenvalue weighted by Crippen LogP contribution is -2.33. The van der Waals surface area contributed by atoms with Crippen molar-refractivity contribution in [3.63, 3.8) is 0 Å². The summed E-state index contributed by atoms with van der Waals surface area (Å²) < 4.78 is 4.65.